The van der Waals surface area contributed by atoms with Crippen molar-refractivity contribution in [2.24, 2.45) is 0 Å². The Morgan fingerprint density at radius 3 is 2.46 bits per heavy atom. The number of nitrogens with one attached hydrogen (secondary N) is 1. The van der Waals surface area contributed by atoms with E-state index < -0.39 is 0 Å². The van der Waals surface area contributed by atoms with E-state index in [-0.39, 0.29) is 29.2 Å². The number of aryl methyl sites for hydroxylation is 1. The average molecular weight is 371 g/mol. The molecule has 5 nitrogen and oxygen atoms in total. The molecule has 1 atom stereocenters. The van der Waals surface area contributed by atoms with Crippen LogP contribution in [-0.4, -0.2) is 22.8 Å². The van der Waals surface area contributed by atoms with Crippen molar-refractivity contribution in [3.8, 4) is 0 Å². The summed E-state index contributed by atoms with van der Waals surface area (Å²) in [5, 5.41) is 2.82. The Bertz CT molecular complexity index is 1040. The van der Waals surface area contributed by atoms with Crippen LogP contribution in [0.4, 0.5) is 11.4 Å². The van der Waals surface area contributed by atoms with Gasteiger partial charge >= 0.3 is 0 Å². The maximum atomic E-state index is 13.1. The fraction of sp³-hybridized carbons (Fsp3) is 0.174. The summed E-state index contributed by atoms with van der Waals surface area (Å²) in [6.45, 7) is 4.01. The van der Waals surface area contributed by atoms with Crippen molar-refractivity contribution in [1.29, 1.82) is 0 Å². The number of aromatic nitrogens is 1. The van der Waals surface area contributed by atoms with Gasteiger partial charge in [-0.25, -0.2) is 4.98 Å². The van der Waals surface area contributed by atoms with E-state index in [0.717, 1.165) is 23.2 Å². The average Bonchev–Trinajstić information content (AvgIpc) is 3.05. The Balaban J connectivity index is 1.57. The van der Waals surface area contributed by atoms with Crippen molar-refractivity contribution in [3.63, 3.8) is 0 Å². The molecule has 1 aromatic heterocycles. The molecule has 0 radical (unpaired) electrons. The number of carbonyl (C=O) groups excluding carboxylic acids is 2. The van der Waals surface area contributed by atoms with Crippen molar-refractivity contribution in [2.75, 3.05) is 10.2 Å². The van der Waals surface area contributed by atoms with Crippen LogP contribution in [0.25, 0.3) is 0 Å². The van der Waals surface area contributed by atoms with Crippen LogP contribution >= 0.6 is 0 Å². The highest BCUT2D eigenvalue weighted by molar-refractivity contribution is 6.08. The Labute approximate surface area is 164 Å². The van der Waals surface area contributed by atoms with Gasteiger partial charge in [0.2, 0.25) is 0 Å². The predicted octanol–water partition coefficient (Wildman–Crippen LogP) is 4.23. The summed E-state index contributed by atoms with van der Waals surface area (Å²) in [7, 11) is 0. The lowest BCUT2D eigenvalue weighted by Gasteiger charge is -2.22. The molecule has 2 heterocycles. The lowest BCUT2D eigenvalue weighted by molar-refractivity contribution is 0.0976. The van der Waals surface area contributed by atoms with Crippen molar-refractivity contribution in [1.82, 2.24) is 4.98 Å². The first-order valence-corrected chi connectivity index (χ1v) is 9.29. The zero-order valence-corrected chi connectivity index (χ0v) is 15.8. The predicted molar refractivity (Wildman–Crippen MR) is 110 cm³/mol. The number of nitrogens with zero attached hydrogens (tertiary/aromatic N) is 2. The third-order valence-corrected chi connectivity index (χ3v) is 4.94. The Kier molecular flexibility index (Phi) is 4.65. The van der Waals surface area contributed by atoms with E-state index in [1.165, 1.54) is 0 Å². The largest absolute Gasteiger partial charge is 0.321 e. The Hall–Kier alpha value is -3.47. The summed E-state index contributed by atoms with van der Waals surface area (Å²) in [5.74, 6) is -0.532. The van der Waals surface area contributed by atoms with Crippen LogP contribution in [0, 0.1) is 6.92 Å². The van der Waals surface area contributed by atoms with E-state index in [1.54, 1.807) is 23.1 Å². The number of hydrogen-bond donors (Lipinski definition) is 1. The van der Waals surface area contributed by atoms with Crippen LogP contribution in [0.3, 0.4) is 0 Å². The highest BCUT2D eigenvalue weighted by Crippen LogP contribution is 2.32. The monoisotopic (exact) mass is 371 g/mol. The van der Waals surface area contributed by atoms with Crippen molar-refractivity contribution < 1.29 is 9.59 Å². The molecule has 4 rings (SSSR count). The van der Waals surface area contributed by atoms with Gasteiger partial charge in [0.1, 0.15) is 11.4 Å². The Morgan fingerprint density at radius 2 is 1.68 bits per heavy atom. The van der Waals surface area contributed by atoms with Crippen molar-refractivity contribution in [3.05, 3.63) is 89.2 Å². The Morgan fingerprint density at radius 1 is 0.964 bits per heavy atom. The van der Waals surface area contributed by atoms with E-state index in [4.69, 9.17) is 0 Å². The number of amides is 2. The number of fused-ring (bicyclic) bond motifs is 1. The second-order valence-corrected chi connectivity index (χ2v) is 7.09. The second-order valence-electron chi connectivity index (χ2n) is 7.09. The molecular weight excluding hydrogens is 350 g/mol. The van der Waals surface area contributed by atoms with Gasteiger partial charge in [0, 0.05) is 17.4 Å². The van der Waals surface area contributed by atoms with Crippen molar-refractivity contribution >= 4 is 23.2 Å². The van der Waals surface area contributed by atoms with Gasteiger partial charge < -0.3 is 10.2 Å². The third kappa shape index (κ3) is 3.39. The molecule has 0 saturated carbocycles. The fourth-order valence-electron chi connectivity index (χ4n) is 3.51. The smallest absolute Gasteiger partial charge is 0.277 e. The van der Waals surface area contributed by atoms with Gasteiger partial charge in [0.25, 0.3) is 11.8 Å². The first-order chi connectivity index (χ1) is 13.5. The molecule has 1 aliphatic rings. The van der Waals surface area contributed by atoms with E-state index in [0.29, 0.717) is 5.69 Å². The summed E-state index contributed by atoms with van der Waals surface area (Å²) in [6, 6.07) is 20.4. The molecule has 1 unspecified atom stereocenters. The second kappa shape index (κ2) is 7.27. The maximum Gasteiger partial charge on any atom is 0.277 e. The van der Waals surface area contributed by atoms with Gasteiger partial charge in [-0.2, -0.15) is 0 Å². The number of para-hydroxylation sites is 1. The van der Waals surface area contributed by atoms with Gasteiger partial charge in [-0.1, -0.05) is 42.0 Å². The number of hydrogen-bond acceptors (Lipinski definition) is 3. The molecular formula is C23H21N3O2. The topological polar surface area (TPSA) is 62.3 Å². The molecule has 5 heteroatoms. The van der Waals surface area contributed by atoms with Crippen LogP contribution in [0.5, 0.6) is 0 Å². The van der Waals surface area contributed by atoms with E-state index >= 15 is 0 Å². The zero-order valence-electron chi connectivity index (χ0n) is 15.8. The molecule has 1 N–H and O–H groups in total. The highest BCUT2D eigenvalue weighted by Gasteiger charge is 2.32. The minimum atomic E-state index is -0.339. The molecule has 140 valence electrons. The highest BCUT2D eigenvalue weighted by atomic mass is 16.2. The minimum Gasteiger partial charge on any atom is -0.321 e. The maximum absolute atomic E-state index is 13.1. The first kappa shape index (κ1) is 17.9. The standard InChI is InChI=1S/C23H21N3O2/c1-15-10-12-18(13-11-15)24-22(27)19-7-5-8-20(25-19)23(28)26-16(2)14-17-6-3-4-9-21(17)26/h3-13,16H,14H2,1-2H3,(H,24,27). The summed E-state index contributed by atoms with van der Waals surface area (Å²) in [6.07, 6.45) is 0.815. The number of rotatable bonds is 3. The van der Waals surface area contributed by atoms with Gasteiger partial charge in [0.05, 0.1) is 0 Å². The molecule has 0 aliphatic carbocycles. The molecule has 28 heavy (non-hydrogen) atoms. The number of pyridine rings is 1. The van der Waals surface area contributed by atoms with Gasteiger partial charge in [-0.15, -0.1) is 0 Å². The van der Waals surface area contributed by atoms with Gasteiger partial charge in [-0.05, 0) is 56.2 Å². The quantitative estimate of drug-likeness (QED) is 0.749. The molecule has 3 aromatic rings. The normalized spacial score (nSPS) is 15.2. The van der Waals surface area contributed by atoms with Crippen LogP contribution in [0.2, 0.25) is 0 Å². The lowest BCUT2D eigenvalue weighted by Crippen LogP contribution is -2.36. The fourth-order valence-corrected chi connectivity index (χ4v) is 3.51. The van der Waals surface area contributed by atoms with Crippen LogP contribution < -0.4 is 10.2 Å². The third-order valence-electron chi connectivity index (χ3n) is 4.94. The number of carbonyl (C=O) groups is 2. The van der Waals surface area contributed by atoms with Crippen LogP contribution in [0.15, 0.2) is 66.7 Å². The lowest BCUT2D eigenvalue weighted by atomic mass is 10.1. The van der Waals surface area contributed by atoms with E-state index in [9.17, 15) is 9.59 Å². The first-order valence-electron chi connectivity index (χ1n) is 9.29. The van der Waals surface area contributed by atoms with E-state index in [2.05, 4.69) is 10.3 Å². The molecule has 2 amide bonds. The van der Waals surface area contributed by atoms with E-state index in [1.807, 2.05) is 62.4 Å². The van der Waals surface area contributed by atoms with Gasteiger partial charge in [0.15, 0.2) is 0 Å². The number of benzene rings is 2. The summed E-state index contributed by atoms with van der Waals surface area (Å²) >= 11 is 0. The van der Waals surface area contributed by atoms with Crippen LogP contribution in [0.1, 0.15) is 39.0 Å². The number of anilines is 2. The zero-order chi connectivity index (χ0) is 19.7. The van der Waals surface area contributed by atoms with Crippen LogP contribution in [-0.2, 0) is 6.42 Å². The summed E-state index contributed by atoms with van der Waals surface area (Å²) in [5.41, 5.74) is 4.35. The van der Waals surface area contributed by atoms with Crippen molar-refractivity contribution in [2.45, 2.75) is 26.3 Å². The van der Waals surface area contributed by atoms with Gasteiger partial charge in [-0.3, -0.25) is 9.59 Å². The summed E-state index contributed by atoms with van der Waals surface area (Å²) < 4.78 is 0. The minimum absolute atomic E-state index is 0.0525. The molecule has 0 saturated heterocycles. The SMILES string of the molecule is Cc1ccc(NC(=O)c2cccc(C(=O)N3c4ccccc4CC3C)n2)cc1. The molecule has 0 fully saturated rings. The molecule has 0 bridgehead atoms. The molecule has 0 spiro atoms. The summed E-state index contributed by atoms with van der Waals surface area (Å²) in [4.78, 5) is 31.8. The molecule has 2 aromatic carbocycles. The molecule has 1 aliphatic heterocycles.